The van der Waals surface area contributed by atoms with Crippen molar-refractivity contribution in [3.63, 3.8) is 0 Å². The van der Waals surface area contributed by atoms with Crippen molar-refractivity contribution in [3.8, 4) is 11.5 Å². The summed E-state index contributed by atoms with van der Waals surface area (Å²) < 4.78 is 11.7. The van der Waals surface area contributed by atoms with Gasteiger partial charge in [-0.15, -0.1) is 0 Å². The van der Waals surface area contributed by atoms with Crippen LogP contribution in [0.3, 0.4) is 0 Å². The lowest BCUT2D eigenvalue weighted by atomic mass is 9.87. The predicted molar refractivity (Wildman–Crippen MR) is 59.0 cm³/mol. The molecule has 76 valence electrons. The molecule has 1 heterocycles. The monoisotopic (exact) mass is 256 g/mol. The van der Waals surface area contributed by atoms with Crippen molar-refractivity contribution < 1.29 is 9.47 Å². The van der Waals surface area contributed by atoms with Crippen LogP contribution in [0.15, 0.2) is 16.6 Å². The van der Waals surface area contributed by atoms with Gasteiger partial charge in [-0.2, -0.15) is 0 Å². The number of ether oxygens (including phenoxy) is 2. The topological polar surface area (TPSA) is 18.5 Å². The molecular formula is C11H13BrO2. The van der Waals surface area contributed by atoms with Crippen molar-refractivity contribution in [2.75, 3.05) is 6.79 Å². The summed E-state index contributed by atoms with van der Waals surface area (Å²) in [6, 6.07) is 4.02. The normalized spacial score (nSPS) is 14.6. The van der Waals surface area contributed by atoms with Gasteiger partial charge in [0, 0.05) is 4.47 Å². The van der Waals surface area contributed by atoms with Gasteiger partial charge >= 0.3 is 0 Å². The van der Waals surface area contributed by atoms with E-state index >= 15 is 0 Å². The van der Waals surface area contributed by atoms with Gasteiger partial charge in [0.2, 0.25) is 6.79 Å². The molecule has 14 heavy (non-hydrogen) atoms. The average Bonchev–Trinajstić information content (AvgIpc) is 2.47. The Morgan fingerprint density at radius 1 is 1.14 bits per heavy atom. The molecule has 0 spiro atoms. The minimum Gasteiger partial charge on any atom is -0.454 e. The number of hydrogen-bond acceptors (Lipinski definition) is 2. The van der Waals surface area contributed by atoms with Crippen LogP contribution in [0, 0.1) is 0 Å². The van der Waals surface area contributed by atoms with Crippen LogP contribution in [0.4, 0.5) is 0 Å². The third kappa shape index (κ3) is 1.61. The molecule has 0 saturated heterocycles. The van der Waals surface area contributed by atoms with Crippen molar-refractivity contribution in [2.45, 2.75) is 26.2 Å². The van der Waals surface area contributed by atoms with Crippen LogP contribution in [0.25, 0.3) is 0 Å². The third-order valence-corrected chi connectivity index (χ3v) is 2.93. The Morgan fingerprint density at radius 2 is 1.71 bits per heavy atom. The molecule has 0 saturated carbocycles. The molecule has 0 unspecified atom stereocenters. The number of benzene rings is 1. The fourth-order valence-corrected chi connectivity index (χ4v) is 2.41. The molecule has 0 bridgehead atoms. The Balaban J connectivity index is 2.53. The smallest absolute Gasteiger partial charge is 0.231 e. The van der Waals surface area contributed by atoms with Crippen molar-refractivity contribution in [2.24, 2.45) is 0 Å². The van der Waals surface area contributed by atoms with Gasteiger partial charge in [-0.1, -0.05) is 36.7 Å². The number of hydrogen-bond donors (Lipinski definition) is 0. The highest BCUT2D eigenvalue weighted by molar-refractivity contribution is 9.10. The highest BCUT2D eigenvalue weighted by atomic mass is 79.9. The summed E-state index contributed by atoms with van der Waals surface area (Å²) >= 11 is 3.55. The van der Waals surface area contributed by atoms with Gasteiger partial charge in [0.1, 0.15) is 0 Å². The molecule has 0 aliphatic carbocycles. The fraction of sp³-hybridized carbons (Fsp3) is 0.455. The van der Waals surface area contributed by atoms with Crippen LogP contribution in [0.5, 0.6) is 11.5 Å². The Hall–Kier alpha value is -0.700. The van der Waals surface area contributed by atoms with Gasteiger partial charge in [0.25, 0.3) is 0 Å². The van der Waals surface area contributed by atoms with Crippen LogP contribution < -0.4 is 9.47 Å². The molecule has 0 amide bonds. The summed E-state index contributed by atoms with van der Waals surface area (Å²) in [6.45, 7) is 6.86. The number of rotatable bonds is 0. The Labute approximate surface area is 92.3 Å². The maximum atomic E-state index is 5.35. The van der Waals surface area contributed by atoms with Gasteiger partial charge < -0.3 is 9.47 Å². The molecule has 0 fully saturated rings. The molecular weight excluding hydrogens is 244 g/mol. The predicted octanol–water partition coefficient (Wildman–Crippen LogP) is 3.48. The van der Waals surface area contributed by atoms with Crippen LogP contribution in [-0.4, -0.2) is 6.79 Å². The van der Waals surface area contributed by atoms with E-state index in [9.17, 15) is 0 Å². The first-order chi connectivity index (χ1) is 6.48. The Bertz CT molecular complexity index is 366. The molecule has 0 radical (unpaired) electrons. The molecule has 2 rings (SSSR count). The first-order valence-corrected chi connectivity index (χ1v) is 5.37. The zero-order valence-electron chi connectivity index (χ0n) is 8.56. The molecule has 1 aromatic carbocycles. The molecule has 3 heteroatoms. The fourth-order valence-electron chi connectivity index (χ4n) is 1.49. The van der Waals surface area contributed by atoms with Gasteiger partial charge in [-0.05, 0) is 23.1 Å². The lowest BCUT2D eigenvalue weighted by Crippen LogP contribution is -2.11. The number of fused-ring (bicyclic) bond motifs is 1. The summed E-state index contributed by atoms with van der Waals surface area (Å²) in [4.78, 5) is 0. The van der Waals surface area contributed by atoms with Crippen molar-refractivity contribution >= 4 is 15.9 Å². The highest BCUT2D eigenvalue weighted by Gasteiger charge is 2.22. The van der Waals surface area contributed by atoms with Gasteiger partial charge in [-0.3, -0.25) is 0 Å². The Kier molecular flexibility index (Phi) is 2.22. The molecule has 1 aliphatic rings. The zero-order chi connectivity index (χ0) is 10.3. The van der Waals surface area contributed by atoms with Crippen molar-refractivity contribution in [1.82, 2.24) is 0 Å². The SMILES string of the molecule is CC(C)(C)c1cc2c(cc1Br)OCO2. The lowest BCUT2D eigenvalue weighted by molar-refractivity contribution is 0.174. The summed E-state index contributed by atoms with van der Waals surface area (Å²) in [5.74, 6) is 1.67. The van der Waals surface area contributed by atoms with Crippen LogP contribution in [0.2, 0.25) is 0 Å². The maximum Gasteiger partial charge on any atom is 0.231 e. The number of halogens is 1. The highest BCUT2D eigenvalue weighted by Crippen LogP contribution is 2.40. The third-order valence-electron chi connectivity index (χ3n) is 2.27. The van der Waals surface area contributed by atoms with E-state index in [0.717, 1.165) is 16.0 Å². The lowest BCUT2D eigenvalue weighted by Gasteiger charge is -2.21. The van der Waals surface area contributed by atoms with Crippen molar-refractivity contribution in [1.29, 1.82) is 0 Å². The maximum absolute atomic E-state index is 5.35. The molecule has 1 aliphatic heterocycles. The summed E-state index contributed by atoms with van der Waals surface area (Å²) in [6.07, 6.45) is 0. The van der Waals surface area contributed by atoms with Crippen LogP contribution in [0.1, 0.15) is 26.3 Å². The first-order valence-electron chi connectivity index (χ1n) is 4.58. The van der Waals surface area contributed by atoms with Gasteiger partial charge in [0.05, 0.1) is 0 Å². The Morgan fingerprint density at radius 3 is 2.29 bits per heavy atom. The second kappa shape index (κ2) is 3.16. The van der Waals surface area contributed by atoms with Gasteiger partial charge in [0.15, 0.2) is 11.5 Å². The summed E-state index contributed by atoms with van der Waals surface area (Å²) in [5.41, 5.74) is 1.35. The van der Waals surface area contributed by atoms with E-state index in [1.54, 1.807) is 0 Å². The standard InChI is InChI=1S/C11H13BrO2/c1-11(2,3)7-4-9-10(5-8(7)12)14-6-13-9/h4-5H,6H2,1-3H3. The zero-order valence-corrected chi connectivity index (χ0v) is 10.1. The molecule has 1 aromatic rings. The van der Waals surface area contributed by atoms with E-state index in [1.165, 1.54) is 5.56 Å². The van der Waals surface area contributed by atoms with E-state index in [0.29, 0.717) is 6.79 Å². The van der Waals surface area contributed by atoms with E-state index < -0.39 is 0 Å². The van der Waals surface area contributed by atoms with E-state index in [4.69, 9.17) is 9.47 Å². The van der Waals surface area contributed by atoms with E-state index in [-0.39, 0.29) is 5.41 Å². The van der Waals surface area contributed by atoms with Gasteiger partial charge in [-0.25, -0.2) is 0 Å². The quantitative estimate of drug-likeness (QED) is 0.708. The van der Waals surface area contributed by atoms with E-state index in [2.05, 4.69) is 36.7 Å². The van der Waals surface area contributed by atoms with Crippen LogP contribution >= 0.6 is 15.9 Å². The van der Waals surface area contributed by atoms with Crippen LogP contribution in [-0.2, 0) is 5.41 Å². The average molecular weight is 257 g/mol. The minimum atomic E-state index is 0.111. The molecule has 0 atom stereocenters. The summed E-state index contributed by atoms with van der Waals surface area (Å²) in [7, 11) is 0. The second-order valence-electron chi connectivity index (χ2n) is 4.44. The molecule has 2 nitrogen and oxygen atoms in total. The first kappa shape index (κ1) is 9.84. The minimum absolute atomic E-state index is 0.111. The second-order valence-corrected chi connectivity index (χ2v) is 5.29. The largest absolute Gasteiger partial charge is 0.454 e. The molecule has 0 N–H and O–H groups in total. The summed E-state index contributed by atoms with van der Waals surface area (Å²) in [5, 5.41) is 0. The molecule has 0 aromatic heterocycles. The van der Waals surface area contributed by atoms with E-state index in [1.807, 2.05) is 12.1 Å². The van der Waals surface area contributed by atoms with Crippen molar-refractivity contribution in [3.05, 3.63) is 22.2 Å².